The Labute approximate surface area is 141 Å². The third-order valence-corrected chi connectivity index (χ3v) is 4.55. The number of carbonyl (C=O) groups is 1. The van der Waals surface area contributed by atoms with Crippen molar-refractivity contribution >= 4 is 16.9 Å². The molecule has 5 heteroatoms. The number of ether oxygens (including phenoxy) is 1. The second-order valence-corrected chi connectivity index (χ2v) is 6.48. The average Bonchev–Trinajstić information content (AvgIpc) is 2.58. The minimum atomic E-state index is -0.366. The van der Waals surface area contributed by atoms with Crippen molar-refractivity contribution in [2.45, 2.75) is 33.1 Å². The predicted molar refractivity (Wildman–Crippen MR) is 92.3 cm³/mol. The van der Waals surface area contributed by atoms with E-state index in [9.17, 15) is 9.59 Å². The first-order valence-electron chi connectivity index (χ1n) is 8.54. The molecule has 0 aliphatic carbocycles. The number of nitrogens with zero attached hydrogens (tertiary/aromatic N) is 1. The molecule has 2 heterocycles. The van der Waals surface area contributed by atoms with Crippen LogP contribution in [0.15, 0.2) is 33.5 Å². The van der Waals surface area contributed by atoms with Gasteiger partial charge in [0.1, 0.15) is 11.3 Å². The van der Waals surface area contributed by atoms with E-state index in [4.69, 9.17) is 9.15 Å². The van der Waals surface area contributed by atoms with Gasteiger partial charge in [-0.15, -0.1) is 0 Å². The average molecular weight is 329 g/mol. The molecule has 1 aliphatic heterocycles. The summed E-state index contributed by atoms with van der Waals surface area (Å²) in [5, 5.41) is 0.903. The predicted octanol–water partition coefficient (Wildman–Crippen LogP) is 2.99. The Hall–Kier alpha value is -2.30. The van der Waals surface area contributed by atoms with Crippen molar-refractivity contribution in [2.24, 2.45) is 5.92 Å². The van der Waals surface area contributed by atoms with E-state index < -0.39 is 0 Å². The number of rotatable bonds is 4. The highest BCUT2D eigenvalue weighted by Crippen LogP contribution is 2.23. The molecule has 1 saturated heterocycles. The maximum absolute atomic E-state index is 12.3. The highest BCUT2D eigenvalue weighted by Gasteiger charge is 2.21. The van der Waals surface area contributed by atoms with Gasteiger partial charge in [-0.2, -0.15) is 0 Å². The fourth-order valence-corrected chi connectivity index (χ4v) is 3.24. The van der Waals surface area contributed by atoms with Crippen LogP contribution in [0.4, 0.5) is 0 Å². The van der Waals surface area contributed by atoms with Gasteiger partial charge < -0.3 is 14.1 Å². The molecule has 1 aromatic carbocycles. The van der Waals surface area contributed by atoms with E-state index in [0.29, 0.717) is 17.3 Å². The summed E-state index contributed by atoms with van der Waals surface area (Å²) in [6.07, 6.45) is 2.98. The molecule has 2 aromatic rings. The van der Waals surface area contributed by atoms with Crippen LogP contribution in [0.3, 0.4) is 0 Å². The Kier molecular flexibility index (Phi) is 4.88. The Balaban J connectivity index is 1.71. The summed E-state index contributed by atoms with van der Waals surface area (Å²) in [5.74, 6) is 1.09. The topological polar surface area (TPSA) is 59.8 Å². The number of hydrogen-bond donors (Lipinski definition) is 0. The van der Waals surface area contributed by atoms with E-state index in [1.165, 1.54) is 12.5 Å². The molecule has 1 fully saturated rings. The molecule has 3 rings (SSSR count). The summed E-state index contributed by atoms with van der Waals surface area (Å²) in [4.78, 5) is 25.7. The number of benzene rings is 1. The highest BCUT2D eigenvalue weighted by molar-refractivity contribution is 5.82. The minimum Gasteiger partial charge on any atom is -0.484 e. The van der Waals surface area contributed by atoms with E-state index in [2.05, 4.69) is 6.92 Å². The minimum absolute atomic E-state index is 0.00501. The smallest absolute Gasteiger partial charge is 0.336 e. The largest absolute Gasteiger partial charge is 0.484 e. The zero-order valence-electron chi connectivity index (χ0n) is 14.2. The molecule has 0 bridgehead atoms. The third-order valence-electron chi connectivity index (χ3n) is 4.55. The molecule has 0 radical (unpaired) electrons. The molecule has 24 heavy (non-hydrogen) atoms. The summed E-state index contributed by atoms with van der Waals surface area (Å²) in [5.41, 5.74) is 1.08. The summed E-state index contributed by atoms with van der Waals surface area (Å²) < 4.78 is 10.9. The highest BCUT2D eigenvalue weighted by atomic mass is 16.5. The van der Waals surface area contributed by atoms with Crippen LogP contribution in [0.5, 0.6) is 5.75 Å². The second kappa shape index (κ2) is 7.07. The van der Waals surface area contributed by atoms with E-state index >= 15 is 0 Å². The molecule has 1 aliphatic rings. The first kappa shape index (κ1) is 16.6. The third kappa shape index (κ3) is 3.61. The van der Waals surface area contributed by atoms with Crippen LogP contribution >= 0.6 is 0 Å². The zero-order valence-corrected chi connectivity index (χ0v) is 14.2. The fourth-order valence-electron chi connectivity index (χ4n) is 3.24. The van der Waals surface area contributed by atoms with Gasteiger partial charge in [-0.05, 0) is 42.9 Å². The van der Waals surface area contributed by atoms with Crippen molar-refractivity contribution < 1.29 is 13.9 Å². The van der Waals surface area contributed by atoms with Gasteiger partial charge in [-0.3, -0.25) is 4.79 Å². The van der Waals surface area contributed by atoms with Crippen molar-refractivity contribution in [1.29, 1.82) is 0 Å². The number of fused-ring (bicyclic) bond motifs is 1. The second-order valence-electron chi connectivity index (χ2n) is 6.48. The van der Waals surface area contributed by atoms with Gasteiger partial charge in [0, 0.05) is 30.6 Å². The number of aryl methyl sites for hydroxylation is 1. The van der Waals surface area contributed by atoms with E-state index in [-0.39, 0.29) is 18.1 Å². The van der Waals surface area contributed by atoms with Crippen LogP contribution < -0.4 is 10.4 Å². The lowest BCUT2D eigenvalue weighted by Crippen LogP contribution is -2.41. The van der Waals surface area contributed by atoms with Crippen LogP contribution in [-0.4, -0.2) is 30.5 Å². The van der Waals surface area contributed by atoms with E-state index in [1.54, 1.807) is 6.07 Å². The quantitative estimate of drug-likeness (QED) is 0.809. The van der Waals surface area contributed by atoms with E-state index in [0.717, 1.165) is 36.9 Å². The number of carbonyl (C=O) groups excluding carboxylic acids is 1. The van der Waals surface area contributed by atoms with Crippen LogP contribution in [-0.2, 0) is 11.2 Å². The number of amides is 1. The molecule has 1 atom stereocenters. The van der Waals surface area contributed by atoms with Crippen LogP contribution in [0.2, 0.25) is 0 Å². The Morgan fingerprint density at radius 3 is 2.96 bits per heavy atom. The van der Waals surface area contributed by atoms with Crippen molar-refractivity contribution in [3.05, 3.63) is 40.2 Å². The molecular formula is C19H23NO4. The van der Waals surface area contributed by atoms with Crippen molar-refractivity contribution in [1.82, 2.24) is 4.90 Å². The lowest BCUT2D eigenvalue weighted by molar-refractivity contribution is -0.135. The van der Waals surface area contributed by atoms with Gasteiger partial charge in [-0.1, -0.05) is 13.8 Å². The molecule has 128 valence electrons. The first-order valence-corrected chi connectivity index (χ1v) is 8.54. The number of likely N-dealkylation sites (tertiary alicyclic amines) is 1. The lowest BCUT2D eigenvalue weighted by Gasteiger charge is -2.30. The number of hydrogen-bond acceptors (Lipinski definition) is 4. The molecule has 1 unspecified atom stereocenters. The van der Waals surface area contributed by atoms with Gasteiger partial charge in [0.2, 0.25) is 0 Å². The van der Waals surface area contributed by atoms with Crippen molar-refractivity contribution in [3.63, 3.8) is 0 Å². The zero-order chi connectivity index (χ0) is 17.1. The van der Waals surface area contributed by atoms with Crippen molar-refractivity contribution in [3.8, 4) is 5.75 Å². The summed E-state index contributed by atoms with van der Waals surface area (Å²) in [7, 11) is 0. The summed E-state index contributed by atoms with van der Waals surface area (Å²) in [6, 6.07) is 6.89. The Bertz CT molecular complexity index is 796. The van der Waals surface area contributed by atoms with Gasteiger partial charge >= 0.3 is 5.63 Å². The monoisotopic (exact) mass is 329 g/mol. The van der Waals surface area contributed by atoms with Crippen LogP contribution in [0.1, 0.15) is 32.3 Å². The van der Waals surface area contributed by atoms with Gasteiger partial charge in [-0.25, -0.2) is 4.79 Å². The van der Waals surface area contributed by atoms with E-state index in [1.807, 2.05) is 24.0 Å². The molecular weight excluding hydrogens is 306 g/mol. The summed E-state index contributed by atoms with van der Waals surface area (Å²) >= 11 is 0. The maximum atomic E-state index is 12.3. The van der Waals surface area contributed by atoms with Crippen LogP contribution in [0.25, 0.3) is 11.0 Å². The molecule has 0 spiro atoms. The van der Waals surface area contributed by atoms with Crippen molar-refractivity contribution in [2.75, 3.05) is 19.7 Å². The Morgan fingerprint density at radius 2 is 2.21 bits per heavy atom. The lowest BCUT2D eigenvalue weighted by atomic mass is 10.0. The number of piperidine rings is 1. The van der Waals surface area contributed by atoms with Crippen LogP contribution in [0, 0.1) is 5.92 Å². The van der Waals surface area contributed by atoms with Gasteiger partial charge in [0.05, 0.1) is 0 Å². The fraction of sp³-hybridized carbons (Fsp3) is 0.474. The SMILES string of the molecule is CCc1cc(=O)oc2cc(OCC(=O)N3CCCC(C)C3)ccc12. The first-order chi connectivity index (χ1) is 11.6. The van der Waals surface area contributed by atoms with Gasteiger partial charge in [0.25, 0.3) is 5.91 Å². The van der Waals surface area contributed by atoms with Gasteiger partial charge in [0.15, 0.2) is 6.61 Å². The maximum Gasteiger partial charge on any atom is 0.336 e. The molecule has 1 aromatic heterocycles. The molecule has 5 nitrogen and oxygen atoms in total. The molecule has 1 amide bonds. The Morgan fingerprint density at radius 1 is 1.38 bits per heavy atom. The normalized spacial score (nSPS) is 17.9. The molecule has 0 saturated carbocycles. The molecule has 0 N–H and O–H groups in total. The standard InChI is InChI=1S/C19H23NO4/c1-3-14-9-19(22)24-17-10-15(6-7-16(14)17)23-12-18(21)20-8-4-5-13(2)11-20/h6-7,9-10,13H,3-5,8,11-12H2,1-2H3. The summed E-state index contributed by atoms with van der Waals surface area (Å²) in [6.45, 7) is 5.78.